The van der Waals surface area contributed by atoms with E-state index in [1.807, 2.05) is 20.8 Å². The van der Waals surface area contributed by atoms with Crippen LogP contribution in [0.2, 0.25) is 0 Å². The van der Waals surface area contributed by atoms with Crippen molar-refractivity contribution in [2.75, 3.05) is 25.5 Å². The van der Waals surface area contributed by atoms with E-state index in [1.165, 1.54) is 12.1 Å². The van der Waals surface area contributed by atoms with Crippen molar-refractivity contribution < 1.29 is 27.4 Å². The van der Waals surface area contributed by atoms with Crippen molar-refractivity contribution in [3.05, 3.63) is 24.3 Å². The van der Waals surface area contributed by atoms with Gasteiger partial charge in [0.1, 0.15) is 5.75 Å². The molecule has 0 bridgehead atoms. The van der Waals surface area contributed by atoms with Gasteiger partial charge in [-0.25, -0.2) is 8.42 Å². The van der Waals surface area contributed by atoms with Gasteiger partial charge in [0.2, 0.25) is 5.91 Å². The Morgan fingerprint density at radius 1 is 1.23 bits per heavy atom. The molecule has 146 valence electrons. The third kappa shape index (κ3) is 6.26. The molecule has 1 fully saturated rings. The van der Waals surface area contributed by atoms with Crippen LogP contribution in [0.1, 0.15) is 33.6 Å². The van der Waals surface area contributed by atoms with Crippen molar-refractivity contribution in [3.63, 3.8) is 0 Å². The van der Waals surface area contributed by atoms with Gasteiger partial charge in [-0.05, 0) is 45.0 Å². The predicted octanol–water partition coefficient (Wildman–Crippen LogP) is 1.91. The molecule has 0 spiro atoms. The van der Waals surface area contributed by atoms with Crippen LogP contribution in [0.5, 0.6) is 5.75 Å². The molecule has 0 radical (unpaired) electrons. The first-order valence-corrected chi connectivity index (χ1v) is 10.4. The van der Waals surface area contributed by atoms with Crippen LogP contribution in [0.25, 0.3) is 0 Å². The number of benzene rings is 1. The maximum absolute atomic E-state index is 12.3. The maximum Gasteiger partial charge on any atom is 0.221 e. The lowest BCUT2D eigenvalue weighted by molar-refractivity contribution is -0.146. The zero-order valence-corrected chi connectivity index (χ0v) is 16.3. The van der Waals surface area contributed by atoms with Crippen LogP contribution in [0.4, 0.5) is 0 Å². The zero-order chi connectivity index (χ0) is 19.2. The minimum atomic E-state index is -3.52. The highest BCUT2D eigenvalue weighted by Gasteiger charge is 2.30. The summed E-state index contributed by atoms with van der Waals surface area (Å²) in [5, 5.41) is 2.71. The second-order valence-corrected chi connectivity index (χ2v) is 8.75. The Balaban J connectivity index is 1.78. The zero-order valence-electron chi connectivity index (χ0n) is 15.5. The Morgan fingerprint density at radius 2 is 1.85 bits per heavy atom. The first-order valence-electron chi connectivity index (χ1n) is 8.74. The quantitative estimate of drug-likeness (QED) is 0.698. The smallest absolute Gasteiger partial charge is 0.221 e. The van der Waals surface area contributed by atoms with Gasteiger partial charge in [-0.2, -0.15) is 0 Å². The molecule has 1 N–H and O–H groups in total. The number of ether oxygens (including phenoxy) is 3. The van der Waals surface area contributed by atoms with Crippen molar-refractivity contribution in [1.82, 2.24) is 5.32 Å². The van der Waals surface area contributed by atoms with Crippen LogP contribution in [0, 0.1) is 0 Å². The van der Waals surface area contributed by atoms with E-state index >= 15 is 0 Å². The van der Waals surface area contributed by atoms with Gasteiger partial charge < -0.3 is 19.5 Å². The van der Waals surface area contributed by atoms with Crippen molar-refractivity contribution in [2.45, 2.75) is 50.4 Å². The van der Waals surface area contributed by atoms with E-state index in [1.54, 1.807) is 12.1 Å². The van der Waals surface area contributed by atoms with Crippen LogP contribution in [-0.4, -0.2) is 51.7 Å². The lowest BCUT2D eigenvalue weighted by atomic mass is 10.2. The van der Waals surface area contributed by atoms with Gasteiger partial charge in [0.15, 0.2) is 15.6 Å². The third-order valence-electron chi connectivity index (χ3n) is 3.95. The predicted molar refractivity (Wildman–Crippen MR) is 96.8 cm³/mol. The summed E-state index contributed by atoms with van der Waals surface area (Å²) < 4.78 is 41.1. The largest absolute Gasteiger partial charge is 0.491 e. The molecule has 0 unspecified atom stereocenters. The molecule has 0 atom stereocenters. The monoisotopic (exact) mass is 385 g/mol. The summed E-state index contributed by atoms with van der Waals surface area (Å²) in [6.45, 7) is 7.08. The highest BCUT2D eigenvalue weighted by molar-refractivity contribution is 7.91. The topological polar surface area (TPSA) is 90.9 Å². The van der Waals surface area contributed by atoms with E-state index < -0.39 is 15.6 Å². The van der Waals surface area contributed by atoms with Gasteiger partial charge in [-0.1, -0.05) is 0 Å². The molecule has 0 saturated carbocycles. The van der Waals surface area contributed by atoms with E-state index in [0.29, 0.717) is 31.9 Å². The van der Waals surface area contributed by atoms with Gasteiger partial charge in [-0.15, -0.1) is 0 Å². The lowest BCUT2D eigenvalue weighted by Gasteiger charge is -2.22. The summed E-state index contributed by atoms with van der Waals surface area (Å²) in [6, 6.07) is 6.24. The first kappa shape index (κ1) is 20.7. The Labute approximate surface area is 154 Å². The van der Waals surface area contributed by atoms with Gasteiger partial charge in [0.05, 0.1) is 30.0 Å². The summed E-state index contributed by atoms with van der Waals surface area (Å²) in [6.07, 6.45) is 0.441. The second kappa shape index (κ2) is 8.83. The molecule has 8 heteroatoms. The molecule has 0 aromatic heterocycles. The molecule has 1 aromatic carbocycles. The standard InChI is InChI=1S/C18H27NO6S/c1-14(2)25-15-4-6-16(7-5-15)26(21,22)13-8-17(20)19-10-9-18(3)23-11-12-24-18/h4-7,14H,8-13H2,1-3H3,(H,19,20). The molecular weight excluding hydrogens is 358 g/mol. The number of hydrogen-bond acceptors (Lipinski definition) is 6. The second-order valence-electron chi connectivity index (χ2n) is 6.64. The normalized spacial score (nSPS) is 16.6. The Kier molecular flexibility index (Phi) is 7.02. The molecule has 1 aliphatic heterocycles. The van der Waals surface area contributed by atoms with Crippen molar-refractivity contribution in [1.29, 1.82) is 0 Å². The molecule has 1 aliphatic rings. The fraction of sp³-hybridized carbons (Fsp3) is 0.611. The van der Waals surface area contributed by atoms with Crippen LogP contribution in [-0.2, 0) is 24.1 Å². The summed E-state index contributed by atoms with van der Waals surface area (Å²) in [4.78, 5) is 12.1. The fourth-order valence-corrected chi connectivity index (χ4v) is 3.80. The van der Waals surface area contributed by atoms with Gasteiger partial charge in [0, 0.05) is 19.4 Å². The van der Waals surface area contributed by atoms with E-state index in [0.717, 1.165) is 0 Å². The van der Waals surface area contributed by atoms with Crippen molar-refractivity contribution >= 4 is 15.7 Å². The van der Waals surface area contributed by atoms with Gasteiger partial charge >= 0.3 is 0 Å². The lowest BCUT2D eigenvalue weighted by Crippen LogP contribution is -2.34. The Hall–Kier alpha value is -1.64. The van der Waals surface area contributed by atoms with Gasteiger partial charge in [0.25, 0.3) is 0 Å². The van der Waals surface area contributed by atoms with Crippen LogP contribution in [0.15, 0.2) is 29.2 Å². The molecule has 1 amide bonds. The van der Waals surface area contributed by atoms with Gasteiger partial charge in [-0.3, -0.25) is 4.79 Å². The SMILES string of the molecule is CC(C)Oc1ccc(S(=O)(=O)CCC(=O)NCCC2(C)OCCO2)cc1. The molecular formula is C18H27NO6S. The number of amides is 1. The van der Waals surface area contributed by atoms with E-state index in [2.05, 4.69) is 5.32 Å². The fourth-order valence-electron chi connectivity index (χ4n) is 2.56. The summed E-state index contributed by atoms with van der Waals surface area (Å²) in [5.74, 6) is -0.608. The highest BCUT2D eigenvalue weighted by atomic mass is 32.2. The molecule has 2 rings (SSSR count). The summed E-state index contributed by atoms with van der Waals surface area (Å²) in [7, 11) is -3.52. The number of nitrogens with one attached hydrogen (secondary N) is 1. The number of hydrogen-bond donors (Lipinski definition) is 1. The first-order chi connectivity index (χ1) is 12.2. The minimum Gasteiger partial charge on any atom is -0.491 e. The molecule has 7 nitrogen and oxygen atoms in total. The summed E-state index contributed by atoms with van der Waals surface area (Å²) in [5.41, 5.74) is 0. The van der Waals surface area contributed by atoms with E-state index in [-0.39, 0.29) is 29.1 Å². The molecule has 1 saturated heterocycles. The van der Waals surface area contributed by atoms with E-state index in [9.17, 15) is 13.2 Å². The maximum atomic E-state index is 12.3. The molecule has 26 heavy (non-hydrogen) atoms. The average Bonchev–Trinajstić information content (AvgIpc) is 3.00. The number of rotatable bonds is 9. The number of sulfone groups is 1. The van der Waals surface area contributed by atoms with Crippen LogP contribution in [0.3, 0.4) is 0 Å². The third-order valence-corrected chi connectivity index (χ3v) is 5.68. The summed E-state index contributed by atoms with van der Waals surface area (Å²) >= 11 is 0. The van der Waals surface area contributed by atoms with Crippen molar-refractivity contribution in [3.8, 4) is 5.75 Å². The minimum absolute atomic E-state index is 0.0171. The highest BCUT2D eigenvalue weighted by Crippen LogP contribution is 2.22. The average molecular weight is 385 g/mol. The Bertz CT molecular complexity index is 693. The van der Waals surface area contributed by atoms with Crippen LogP contribution < -0.4 is 10.1 Å². The molecule has 1 heterocycles. The number of carbonyl (C=O) groups is 1. The van der Waals surface area contributed by atoms with Crippen LogP contribution >= 0.6 is 0 Å². The number of carbonyl (C=O) groups excluding carboxylic acids is 1. The van der Waals surface area contributed by atoms with Crippen molar-refractivity contribution in [2.24, 2.45) is 0 Å². The molecule has 1 aromatic rings. The Morgan fingerprint density at radius 3 is 2.42 bits per heavy atom. The van der Waals surface area contributed by atoms with E-state index in [4.69, 9.17) is 14.2 Å². The molecule has 0 aliphatic carbocycles.